The van der Waals surface area contributed by atoms with Gasteiger partial charge in [0.05, 0.1) is 17.3 Å². The van der Waals surface area contributed by atoms with Crippen LogP contribution in [0.2, 0.25) is 0 Å². The zero-order chi connectivity index (χ0) is 15.4. The molecule has 0 aliphatic carbocycles. The molecule has 22 heavy (non-hydrogen) atoms. The molecule has 6 nitrogen and oxygen atoms in total. The summed E-state index contributed by atoms with van der Waals surface area (Å²) in [6.07, 6.45) is 0. The maximum absolute atomic E-state index is 9.33. The van der Waals surface area contributed by atoms with E-state index in [1.165, 1.54) is 11.8 Å². The third kappa shape index (κ3) is 3.07. The van der Waals surface area contributed by atoms with Crippen molar-refractivity contribution in [3.05, 3.63) is 59.7 Å². The van der Waals surface area contributed by atoms with E-state index >= 15 is 0 Å². The molecule has 0 atom stereocenters. The van der Waals surface area contributed by atoms with Crippen molar-refractivity contribution < 1.29 is 5.11 Å². The first-order valence-electron chi connectivity index (χ1n) is 6.46. The van der Waals surface area contributed by atoms with Crippen LogP contribution < -0.4 is 0 Å². The first-order chi connectivity index (χ1) is 10.8. The van der Waals surface area contributed by atoms with Gasteiger partial charge in [-0.3, -0.25) is 0 Å². The van der Waals surface area contributed by atoms with Crippen LogP contribution in [0, 0.1) is 11.3 Å². The van der Waals surface area contributed by atoms with Gasteiger partial charge in [0.15, 0.2) is 0 Å². The molecule has 7 heteroatoms. The molecule has 1 aromatic heterocycles. The summed E-state index contributed by atoms with van der Waals surface area (Å²) in [5.41, 5.74) is 2.44. The quantitative estimate of drug-likeness (QED) is 0.745. The van der Waals surface area contributed by atoms with Crippen LogP contribution in [-0.4, -0.2) is 25.3 Å². The van der Waals surface area contributed by atoms with Gasteiger partial charge in [-0.2, -0.15) is 9.94 Å². The average Bonchev–Trinajstić information content (AvgIpc) is 3.02. The highest BCUT2D eigenvalue weighted by Crippen LogP contribution is 2.23. The zero-order valence-electron chi connectivity index (χ0n) is 11.4. The van der Waals surface area contributed by atoms with E-state index in [2.05, 4.69) is 21.6 Å². The molecule has 0 bridgehead atoms. The van der Waals surface area contributed by atoms with Crippen molar-refractivity contribution >= 4 is 11.8 Å². The maximum Gasteiger partial charge on any atom is 0.214 e. The molecule has 0 radical (unpaired) electrons. The summed E-state index contributed by atoms with van der Waals surface area (Å²) in [6.45, 7) is 0. The van der Waals surface area contributed by atoms with Gasteiger partial charge in [0, 0.05) is 5.75 Å². The highest BCUT2D eigenvalue weighted by Gasteiger charge is 2.09. The molecular formula is C15H11N5OS. The van der Waals surface area contributed by atoms with Crippen molar-refractivity contribution in [1.29, 1.82) is 5.26 Å². The number of nitrogens with zero attached hydrogens (tertiary/aromatic N) is 5. The van der Waals surface area contributed by atoms with Gasteiger partial charge in [-0.1, -0.05) is 23.9 Å². The third-order valence-electron chi connectivity index (χ3n) is 2.96. The van der Waals surface area contributed by atoms with Crippen molar-refractivity contribution in [2.24, 2.45) is 0 Å². The SMILES string of the molecule is N#Cc1cccc(CSc2nnnn2-c2ccc(O)cc2)c1. The molecule has 2 aromatic carbocycles. The highest BCUT2D eigenvalue weighted by molar-refractivity contribution is 7.98. The first-order valence-corrected chi connectivity index (χ1v) is 7.44. The van der Waals surface area contributed by atoms with Crippen LogP contribution >= 0.6 is 11.8 Å². The summed E-state index contributed by atoms with van der Waals surface area (Å²) in [4.78, 5) is 0. The number of phenols is 1. The van der Waals surface area contributed by atoms with Gasteiger partial charge < -0.3 is 5.11 Å². The summed E-state index contributed by atoms with van der Waals surface area (Å²) in [6, 6.07) is 16.2. The molecule has 0 amide bonds. The van der Waals surface area contributed by atoms with E-state index in [0.717, 1.165) is 11.3 Å². The predicted octanol–water partition coefficient (Wildman–Crippen LogP) is 2.53. The van der Waals surface area contributed by atoms with Crippen LogP contribution in [0.3, 0.4) is 0 Å². The lowest BCUT2D eigenvalue weighted by atomic mass is 10.2. The number of hydrogen-bond acceptors (Lipinski definition) is 6. The number of hydrogen-bond donors (Lipinski definition) is 1. The second kappa shape index (κ2) is 6.28. The van der Waals surface area contributed by atoms with Crippen LogP contribution in [0.15, 0.2) is 53.7 Å². The molecule has 1 heterocycles. The van der Waals surface area contributed by atoms with E-state index in [-0.39, 0.29) is 5.75 Å². The van der Waals surface area contributed by atoms with E-state index in [9.17, 15) is 5.11 Å². The largest absolute Gasteiger partial charge is 0.508 e. The molecule has 108 valence electrons. The summed E-state index contributed by atoms with van der Waals surface area (Å²) >= 11 is 1.48. The first kappa shape index (κ1) is 14.1. The lowest BCUT2D eigenvalue weighted by molar-refractivity contribution is 0.475. The van der Waals surface area contributed by atoms with Crippen LogP contribution in [0.4, 0.5) is 0 Å². The fraction of sp³-hybridized carbons (Fsp3) is 0.0667. The summed E-state index contributed by atoms with van der Waals surface area (Å²) in [5, 5.41) is 30.6. The Kier molecular flexibility index (Phi) is 4.03. The molecule has 0 fully saturated rings. The number of phenolic OH excluding ortho intramolecular Hbond substituents is 1. The molecular weight excluding hydrogens is 298 g/mol. The molecule has 3 aromatic rings. The third-order valence-corrected chi connectivity index (χ3v) is 3.95. The smallest absolute Gasteiger partial charge is 0.214 e. The topological polar surface area (TPSA) is 87.6 Å². The lowest BCUT2D eigenvalue weighted by Crippen LogP contribution is -1.98. The minimum atomic E-state index is 0.194. The van der Waals surface area contributed by atoms with Crippen LogP contribution in [0.5, 0.6) is 5.75 Å². The van der Waals surface area contributed by atoms with Gasteiger partial charge in [-0.25, -0.2) is 0 Å². The van der Waals surface area contributed by atoms with E-state index in [0.29, 0.717) is 16.5 Å². The van der Waals surface area contributed by atoms with E-state index in [1.807, 2.05) is 18.2 Å². The van der Waals surface area contributed by atoms with Crippen molar-refractivity contribution in [3.8, 4) is 17.5 Å². The number of aromatic hydroxyl groups is 1. The Labute approximate surface area is 131 Å². The van der Waals surface area contributed by atoms with Crippen molar-refractivity contribution in [2.75, 3.05) is 0 Å². The van der Waals surface area contributed by atoms with Gasteiger partial charge >= 0.3 is 0 Å². The zero-order valence-corrected chi connectivity index (χ0v) is 12.2. The van der Waals surface area contributed by atoms with Crippen LogP contribution in [0.1, 0.15) is 11.1 Å². The van der Waals surface area contributed by atoms with E-state index in [4.69, 9.17) is 5.26 Å². The van der Waals surface area contributed by atoms with E-state index < -0.39 is 0 Å². The minimum absolute atomic E-state index is 0.194. The molecule has 3 rings (SSSR count). The normalized spacial score (nSPS) is 10.3. The number of thioether (sulfide) groups is 1. The van der Waals surface area contributed by atoms with E-state index in [1.54, 1.807) is 35.0 Å². The molecule has 0 spiro atoms. The summed E-state index contributed by atoms with van der Waals surface area (Å²) < 4.78 is 1.61. The molecule has 0 saturated heterocycles. The van der Waals surface area contributed by atoms with Crippen LogP contribution in [-0.2, 0) is 5.75 Å². The Morgan fingerprint density at radius 3 is 2.77 bits per heavy atom. The Bertz CT molecular complexity index is 822. The predicted molar refractivity (Wildman–Crippen MR) is 81.5 cm³/mol. The number of aromatic nitrogens is 4. The monoisotopic (exact) mass is 309 g/mol. The number of tetrazole rings is 1. The summed E-state index contributed by atoms with van der Waals surface area (Å²) in [7, 11) is 0. The van der Waals surface area contributed by atoms with Crippen molar-refractivity contribution in [1.82, 2.24) is 20.2 Å². The summed E-state index contributed by atoms with van der Waals surface area (Å²) in [5.74, 6) is 0.855. The minimum Gasteiger partial charge on any atom is -0.508 e. The molecule has 0 saturated carbocycles. The Morgan fingerprint density at radius 1 is 1.18 bits per heavy atom. The fourth-order valence-electron chi connectivity index (χ4n) is 1.90. The lowest BCUT2D eigenvalue weighted by Gasteiger charge is -2.04. The van der Waals surface area contributed by atoms with Gasteiger partial charge in [0.2, 0.25) is 5.16 Å². The van der Waals surface area contributed by atoms with Crippen LogP contribution in [0.25, 0.3) is 5.69 Å². The second-order valence-electron chi connectivity index (χ2n) is 4.49. The van der Waals surface area contributed by atoms with Crippen molar-refractivity contribution in [2.45, 2.75) is 10.9 Å². The van der Waals surface area contributed by atoms with Gasteiger partial charge in [0.1, 0.15) is 5.75 Å². The van der Waals surface area contributed by atoms with Gasteiger partial charge in [-0.15, -0.1) is 5.10 Å². The fourth-order valence-corrected chi connectivity index (χ4v) is 2.74. The standard InChI is InChI=1S/C15H11N5OS/c16-9-11-2-1-3-12(8-11)10-22-15-17-18-19-20(15)13-4-6-14(21)7-5-13/h1-8,21H,10H2. The Hall–Kier alpha value is -2.85. The second-order valence-corrected chi connectivity index (χ2v) is 5.43. The van der Waals surface area contributed by atoms with Crippen molar-refractivity contribution in [3.63, 3.8) is 0 Å². The van der Waals surface area contributed by atoms with Gasteiger partial charge in [-0.05, 0) is 52.4 Å². The number of benzene rings is 2. The Balaban J connectivity index is 1.78. The van der Waals surface area contributed by atoms with Gasteiger partial charge in [0.25, 0.3) is 0 Å². The molecule has 0 aliphatic heterocycles. The highest BCUT2D eigenvalue weighted by atomic mass is 32.2. The average molecular weight is 309 g/mol. The number of rotatable bonds is 4. The Morgan fingerprint density at radius 2 is 2.00 bits per heavy atom. The number of nitriles is 1. The maximum atomic E-state index is 9.33. The molecule has 0 unspecified atom stereocenters. The molecule has 1 N–H and O–H groups in total. The molecule has 0 aliphatic rings.